The minimum absolute atomic E-state index is 0.0146. The first-order valence-corrected chi connectivity index (χ1v) is 18.2. The number of nitrogens with one attached hydrogen (secondary N) is 1. The first-order chi connectivity index (χ1) is 22.5. The fraction of sp³-hybridized carbons (Fsp3) is 0.763. The second-order valence-electron chi connectivity index (χ2n) is 16.8. The first kappa shape index (κ1) is 36.4. The summed E-state index contributed by atoms with van der Waals surface area (Å²) in [5.74, 6) is -1.11. The zero-order valence-electron chi connectivity index (χ0n) is 29.5. The van der Waals surface area contributed by atoms with E-state index in [1.54, 1.807) is 0 Å². The van der Waals surface area contributed by atoms with Gasteiger partial charge in [0.25, 0.3) is 5.91 Å². The molecule has 4 aliphatic rings. The summed E-state index contributed by atoms with van der Waals surface area (Å²) in [7, 11) is 0. The summed E-state index contributed by atoms with van der Waals surface area (Å²) in [6.07, 6.45) is 8.98. The van der Waals surface area contributed by atoms with Crippen LogP contribution in [0.1, 0.15) is 128 Å². The van der Waals surface area contributed by atoms with Crippen molar-refractivity contribution in [3.05, 3.63) is 17.7 Å². The number of aliphatic hydroxyl groups excluding tert-OH is 1. The summed E-state index contributed by atoms with van der Waals surface area (Å²) in [5, 5.41) is 45.3. The number of rotatable bonds is 11. The highest BCUT2D eigenvalue weighted by Crippen LogP contribution is 2.69. The van der Waals surface area contributed by atoms with Gasteiger partial charge in [0.15, 0.2) is 5.75 Å². The average Bonchev–Trinajstić information content (AvgIpc) is 3.36. The van der Waals surface area contributed by atoms with Crippen molar-refractivity contribution in [2.45, 2.75) is 136 Å². The number of amides is 2. The number of anilines is 1. The number of fused-ring (bicyclic) bond motifs is 5. The van der Waals surface area contributed by atoms with Gasteiger partial charge in [0.05, 0.1) is 23.8 Å². The number of carbonyl (C=O) groups is 3. The molecule has 4 fully saturated rings. The zero-order chi connectivity index (χ0) is 35.2. The third-order valence-corrected chi connectivity index (χ3v) is 13.4. The Kier molecular flexibility index (Phi) is 10.5. The maximum absolute atomic E-state index is 13.3. The number of aliphatic hydroxyl groups is 2. The van der Waals surface area contributed by atoms with Crippen molar-refractivity contribution in [1.82, 2.24) is 0 Å². The highest BCUT2D eigenvalue weighted by Gasteiger charge is 2.64. The van der Waals surface area contributed by atoms with E-state index >= 15 is 0 Å². The van der Waals surface area contributed by atoms with E-state index in [-0.39, 0.29) is 47.3 Å². The van der Waals surface area contributed by atoms with Gasteiger partial charge in [-0.05, 0) is 117 Å². The van der Waals surface area contributed by atoms with Crippen molar-refractivity contribution < 1.29 is 39.5 Å². The van der Waals surface area contributed by atoms with Crippen molar-refractivity contribution in [3.8, 4) is 11.5 Å². The Hall–Kier alpha value is -2.85. The molecule has 5 rings (SSSR count). The lowest BCUT2D eigenvalue weighted by molar-refractivity contribution is -0.197. The van der Waals surface area contributed by atoms with Crippen molar-refractivity contribution in [2.24, 2.45) is 52.1 Å². The third-order valence-electron chi connectivity index (χ3n) is 13.4. The van der Waals surface area contributed by atoms with Gasteiger partial charge in [-0.1, -0.05) is 40.5 Å². The molecule has 4 aliphatic carbocycles. The number of esters is 1. The molecule has 268 valence electrons. The molecule has 0 saturated heterocycles. The minimum Gasteiger partial charge on any atom is -0.507 e. The van der Waals surface area contributed by atoms with Gasteiger partial charge in [-0.25, -0.2) is 0 Å². The van der Waals surface area contributed by atoms with Gasteiger partial charge < -0.3 is 36.2 Å². The molecule has 4 unspecified atom stereocenters. The normalized spacial score (nSPS) is 35.5. The molecule has 2 amide bonds. The molecule has 7 N–H and O–H groups in total. The number of phenols is 2. The molecule has 0 spiro atoms. The fourth-order valence-electron chi connectivity index (χ4n) is 11.0. The molecule has 0 bridgehead atoms. The van der Waals surface area contributed by atoms with Gasteiger partial charge >= 0.3 is 5.97 Å². The quantitative estimate of drug-likeness (QED) is 0.0938. The average molecular weight is 671 g/mol. The number of carbonyl (C=O) groups excluding carboxylic acids is 3. The molecule has 0 heterocycles. The van der Waals surface area contributed by atoms with Crippen LogP contribution in [0.15, 0.2) is 12.1 Å². The fourth-order valence-corrected chi connectivity index (χ4v) is 11.0. The SMILES string of the molecule is CC(C)CCC[C@](C)(O)C1CCC2C3C[C@H](OC(=O)CCC(=O)Nc4ccc(O)c(C(N)=O)c4O)[C@H]4C[C@@H](O)CC[C@]4(C)C3CC[C@@]21C. The zero-order valence-corrected chi connectivity index (χ0v) is 29.5. The predicted molar refractivity (Wildman–Crippen MR) is 182 cm³/mol. The van der Waals surface area contributed by atoms with Crippen molar-refractivity contribution >= 4 is 23.5 Å². The van der Waals surface area contributed by atoms with E-state index in [9.17, 15) is 34.8 Å². The van der Waals surface area contributed by atoms with E-state index < -0.39 is 46.6 Å². The van der Waals surface area contributed by atoms with Crippen molar-refractivity contribution in [2.75, 3.05) is 5.32 Å². The maximum atomic E-state index is 13.3. The van der Waals surface area contributed by atoms with Crippen LogP contribution in [0.3, 0.4) is 0 Å². The Bertz CT molecular complexity index is 1380. The lowest BCUT2D eigenvalue weighted by Crippen LogP contribution is -2.59. The Morgan fingerprint density at radius 2 is 1.69 bits per heavy atom. The molecule has 0 radical (unpaired) electrons. The number of aromatic hydroxyl groups is 2. The van der Waals surface area contributed by atoms with Crippen LogP contribution in [0.2, 0.25) is 0 Å². The van der Waals surface area contributed by atoms with E-state index in [4.69, 9.17) is 10.5 Å². The highest BCUT2D eigenvalue weighted by atomic mass is 16.5. The van der Waals surface area contributed by atoms with E-state index in [1.165, 1.54) is 6.07 Å². The van der Waals surface area contributed by atoms with Crippen LogP contribution in [0.5, 0.6) is 11.5 Å². The first-order valence-electron chi connectivity index (χ1n) is 18.2. The molecule has 10 nitrogen and oxygen atoms in total. The van der Waals surface area contributed by atoms with Crippen LogP contribution < -0.4 is 11.1 Å². The Balaban J connectivity index is 1.28. The lowest BCUT2D eigenvalue weighted by atomic mass is 9.43. The number of ether oxygens (including phenoxy) is 1. The minimum atomic E-state index is -1.04. The van der Waals surface area contributed by atoms with E-state index in [0.717, 1.165) is 70.3 Å². The van der Waals surface area contributed by atoms with Crippen molar-refractivity contribution in [3.63, 3.8) is 0 Å². The van der Waals surface area contributed by atoms with Crippen LogP contribution in [0.4, 0.5) is 5.69 Å². The predicted octanol–water partition coefficient (Wildman–Crippen LogP) is 6.03. The van der Waals surface area contributed by atoms with Crippen LogP contribution in [0.25, 0.3) is 0 Å². The maximum Gasteiger partial charge on any atom is 0.306 e. The molecule has 1 aromatic rings. The molecule has 10 heteroatoms. The molecule has 1 aromatic carbocycles. The molecule has 10 atom stereocenters. The van der Waals surface area contributed by atoms with Gasteiger partial charge in [0, 0.05) is 12.3 Å². The number of benzene rings is 1. The molecule has 4 saturated carbocycles. The molecular formula is C38H58N2O8. The largest absolute Gasteiger partial charge is 0.507 e. The van der Waals surface area contributed by atoms with Crippen LogP contribution in [0, 0.1) is 46.3 Å². The van der Waals surface area contributed by atoms with Gasteiger partial charge in [0.1, 0.15) is 17.4 Å². The number of primary amides is 1. The van der Waals surface area contributed by atoms with Crippen LogP contribution >= 0.6 is 0 Å². The summed E-state index contributed by atoms with van der Waals surface area (Å²) in [6, 6.07) is 2.39. The number of hydrogen-bond acceptors (Lipinski definition) is 8. The summed E-state index contributed by atoms with van der Waals surface area (Å²) < 4.78 is 6.24. The van der Waals surface area contributed by atoms with Crippen LogP contribution in [-0.2, 0) is 14.3 Å². The van der Waals surface area contributed by atoms with Crippen molar-refractivity contribution in [1.29, 1.82) is 0 Å². The smallest absolute Gasteiger partial charge is 0.306 e. The monoisotopic (exact) mass is 670 g/mol. The van der Waals surface area contributed by atoms with E-state index in [1.807, 2.05) is 0 Å². The topological polar surface area (TPSA) is 179 Å². The molecule has 0 aromatic heterocycles. The molecule has 0 aliphatic heterocycles. The van der Waals surface area contributed by atoms with Gasteiger partial charge in [-0.3, -0.25) is 14.4 Å². The highest BCUT2D eigenvalue weighted by molar-refractivity contribution is 6.02. The van der Waals surface area contributed by atoms with Gasteiger partial charge in [-0.2, -0.15) is 0 Å². The van der Waals surface area contributed by atoms with E-state index in [2.05, 4.69) is 39.9 Å². The molecule has 48 heavy (non-hydrogen) atoms. The number of hydrogen-bond donors (Lipinski definition) is 6. The van der Waals surface area contributed by atoms with Gasteiger partial charge in [-0.15, -0.1) is 0 Å². The third kappa shape index (κ3) is 6.93. The standard InChI is InChI=1S/C38H58N2O8/c1-21(2)7-6-16-38(5,47)30-11-8-24-23-20-29(26-19-22(41)14-17-36(26,3)25(23)15-18-37(24,30)4)48-32(44)13-12-31(43)40-27-9-10-28(42)33(34(27)45)35(39)46/h9-10,21-26,29-30,41-42,45,47H,6-8,11-20H2,1-5H3,(H2,39,46)(H,40,43)/t22-,23?,24?,25?,26+,29-,30?,36+,37-,38-/m0/s1. The summed E-state index contributed by atoms with van der Waals surface area (Å²) in [6.45, 7) is 11.3. The Morgan fingerprint density at radius 1 is 1.00 bits per heavy atom. The second kappa shape index (κ2) is 13.8. The lowest BCUT2D eigenvalue weighted by Gasteiger charge is -2.63. The summed E-state index contributed by atoms with van der Waals surface area (Å²) >= 11 is 0. The summed E-state index contributed by atoms with van der Waals surface area (Å²) in [4.78, 5) is 37.7. The Morgan fingerprint density at radius 3 is 2.38 bits per heavy atom. The van der Waals surface area contributed by atoms with Crippen LogP contribution in [-0.4, -0.2) is 56.0 Å². The Labute approximate surface area is 285 Å². The van der Waals surface area contributed by atoms with E-state index in [0.29, 0.717) is 30.1 Å². The molecular weight excluding hydrogens is 612 g/mol. The summed E-state index contributed by atoms with van der Waals surface area (Å²) in [5.41, 5.74) is 3.87. The second-order valence-corrected chi connectivity index (χ2v) is 16.8. The number of nitrogens with two attached hydrogens (primary N) is 1. The van der Waals surface area contributed by atoms with Gasteiger partial charge in [0.2, 0.25) is 5.91 Å².